The zero-order valence-electron chi connectivity index (χ0n) is 12.4. The number of likely N-dealkylation sites (N-methyl/N-ethyl adjacent to an activating group) is 1. The average molecular weight is 338 g/mol. The summed E-state index contributed by atoms with van der Waals surface area (Å²) in [6.07, 6.45) is 0. The van der Waals surface area contributed by atoms with Crippen LogP contribution in [0.2, 0.25) is 0 Å². The van der Waals surface area contributed by atoms with Gasteiger partial charge in [0.15, 0.2) is 0 Å². The number of hydrogen-bond donors (Lipinski definition) is 1. The van der Waals surface area contributed by atoms with Gasteiger partial charge in [0.2, 0.25) is 0 Å². The molecule has 0 aromatic heterocycles. The second kappa shape index (κ2) is 6.52. The number of ether oxygens (including phenoxy) is 1. The molecule has 1 fully saturated rings. The molecule has 0 amide bonds. The minimum Gasteiger partial charge on any atom is -0.507 e. The average Bonchev–Trinajstić information content (AvgIpc) is 3.13. The summed E-state index contributed by atoms with van der Waals surface area (Å²) in [4.78, 5) is 18.6. The Kier molecular flexibility index (Phi) is 4.65. The number of para-hydroxylation sites is 1. The van der Waals surface area contributed by atoms with Gasteiger partial charge in [-0.05, 0) is 19.2 Å². The van der Waals surface area contributed by atoms with Crippen molar-refractivity contribution in [1.82, 2.24) is 4.90 Å². The van der Waals surface area contributed by atoms with Crippen LogP contribution in [0.5, 0.6) is 5.75 Å². The maximum Gasteiger partial charge on any atom is 0.323 e. The highest BCUT2D eigenvalue weighted by atomic mass is 32.2. The Bertz CT molecular complexity index is 608. The van der Waals surface area contributed by atoms with Crippen LogP contribution in [-0.2, 0) is 9.53 Å². The number of aliphatic imine (C=N–C) groups is 1. The minimum atomic E-state index is -0.200. The number of thioether (sulfide) groups is 2. The molecule has 0 saturated carbocycles. The summed E-state index contributed by atoms with van der Waals surface area (Å²) in [5.41, 5.74) is 0.783. The monoisotopic (exact) mass is 338 g/mol. The maximum atomic E-state index is 11.8. The predicted octanol–water partition coefficient (Wildman–Crippen LogP) is 1.80. The molecule has 2 heterocycles. The summed E-state index contributed by atoms with van der Waals surface area (Å²) in [7, 11) is 3.37. The number of esters is 1. The van der Waals surface area contributed by atoms with Gasteiger partial charge in [0, 0.05) is 17.1 Å². The Hall–Kier alpha value is -1.18. The highest BCUT2D eigenvalue weighted by Gasteiger charge is 2.42. The maximum absolute atomic E-state index is 11.8. The number of hydrogen-bond acceptors (Lipinski definition) is 7. The Morgan fingerprint density at radius 2 is 2.18 bits per heavy atom. The molecule has 22 heavy (non-hydrogen) atoms. The molecule has 0 spiro atoms. The number of carbonyl (C=O) groups is 1. The van der Waals surface area contributed by atoms with E-state index in [1.807, 2.05) is 19.2 Å². The summed E-state index contributed by atoms with van der Waals surface area (Å²) in [5.74, 6) is 1.66. The van der Waals surface area contributed by atoms with Gasteiger partial charge in [-0.1, -0.05) is 12.1 Å². The summed E-state index contributed by atoms with van der Waals surface area (Å²) in [5, 5.41) is 11.0. The van der Waals surface area contributed by atoms with E-state index in [4.69, 9.17) is 9.73 Å². The molecule has 0 radical (unpaired) electrons. The third kappa shape index (κ3) is 2.85. The number of methoxy groups -OCH3 is 1. The van der Waals surface area contributed by atoms with Gasteiger partial charge in [-0.3, -0.25) is 14.7 Å². The molecule has 1 aromatic carbocycles. The molecule has 3 rings (SSSR count). The fourth-order valence-electron chi connectivity index (χ4n) is 2.69. The first-order valence-electron chi connectivity index (χ1n) is 7.02. The molecule has 3 atom stereocenters. The number of nitrogens with zero attached hydrogens (tertiary/aromatic N) is 2. The number of phenolic OH excluding ortho intramolecular Hbond substituents is 1. The van der Waals surface area contributed by atoms with Crippen LogP contribution in [0, 0.1) is 0 Å². The van der Waals surface area contributed by atoms with Crippen molar-refractivity contribution >= 4 is 34.5 Å². The van der Waals surface area contributed by atoms with Gasteiger partial charge >= 0.3 is 5.97 Å². The van der Waals surface area contributed by atoms with E-state index in [1.54, 1.807) is 35.7 Å². The van der Waals surface area contributed by atoms with Crippen molar-refractivity contribution in [2.75, 3.05) is 25.7 Å². The lowest BCUT2D eigenvalue weighted by Gasteiger charge is -2.25. The van der Waals surface area contributed by atoms with E-state index in [0.717, 1.165) is 22.1 Å². The zero-order valence-corrected chi connectivity index (χ0v) is 14.1. The topological polar surface area (TPSA) is 62.1 Å². The predicted molar refractivity (Wildman–Crippen MR) is 90.7 cm³/mol. The van der Waals surface area contributed by atoms with E-state index in [-0.39, 0.29) is 29.2 Å². The summed E-state index contributed by atoms with van der Waals surface area (Å²) >= 11 is 3.40. The SMILES string of the molecule is COC(=O)[C@@H]1CS[C@H]([C@@H]2CSC(c3ccccc3O)=N2)N1C. The molecule has 0 aliphatic carbocycles. The Labute approximate surface area is 138 Å². The molecular weight excluding hydrogens is 320 g/mol. The van der Waals surface area contributed by atoms with E-state index < -0.39 is 0 Å². The van der Waals surface area contributed by atoms with Crippen molar-refractivity contribution in [1.29, 1.82) is 0 Å². The summed E-state index contributed by atoms with van der Waals surface area (Å²) in [6, 6.07) is 7.17. The van der Waals surface area contributed by atoms with E-state index in [0.29, 0.717) is 0 Å². The van der Waals surface area contributed by atoms with Gasteiger partial charge < -0.3 is 9.84 Å². The van der Waals surface area contributed by atoms with Gasteiger partial charge in [-0.25, -0.2) is 0 Å². The third-order valence-corrected chi connectivity index (χ3v) is 6.53. The second-order valence-electron chi connectivity index (χ2n) is 5.26. The van der Waals surface area contributed by atoms with Crippen LogP contribution in [0.3, 0.4) is 0 Å². The van der Waals surface area contributed by atoms with Gasteiger partial charge in [-0.2, -0.15) is 0 Å². The van der Waals surface area contributed by atoms with Crippen LogP contribution in [0.25, 0.3) is 0 Å². The van der Waals surface area contributed by atoms with E-state index in [1.165, 1.54) is 7.11 Å². The highest BCUT2D eigenvalue weighted by Crippen LogP contribution is 2.37. The molecule has 118 valence electrons. The molecule has 0 bridgehead atoms. The van der Waals surface area contributed by atoms with Crippen LogP contribution in [0.4, 0.5) is 0 Å². The standard InChI is InChI=1S/C15H18N2O3S2/c1-17-11(15(19)20-2)8-22-14(17)10-7-21-13(16-10)9-5-3-4-6-12(9)18/h3-6,10-11,14,18H,7-8H2,1-2H3/t10-,11-,14+/m0/s1. The van der Waals surface area contributed by atoms with Crippen LogP contribution in [0.1, 0.15) is 5.56 Å². The fourth-order valence-corrected chi connectivity index (χ4v) is 5.45. The van der Waals surface area contributed by atoms with E-state index in [2.05, 4.69) is 4.90 Å². The molecule has 1 aromatic rings. The van der Waals surface area contributed by atoms with Crippen LogP contribution < -0.4 is 0 Å². The fraction of sp³-hybridized carbons (Fsp3) is 0.467. The molecule has 1 saturated heterocycles. The van der Waals surface area contributed by atoms with Gasteiger partial charge in [0.1, 0.15) is 16.8 Å². The molecule has 5 nitrogen and oxygen atoms in total. The van der Waals surface area contributed by atoms with Crippen molar-refractivity contribution < 1.29 is 14.6 Å². The Balaban J connectivity index is 1.75. The quantitative estimate of drug-likeness (QED) is 0.848. The summed E-state index contributed by atoms with van der Waals surface area (Å²) < 4.78 is 4.85. The van der Waals surface area contributed by atoms with Crippen LogP contribution >= 0.6 is 23.5 Å². The largest absolute Gasteiger partial charge is 0.507 e. The molecule has 0 unspecified atom stereocenters. The van der Waals surface area contributed by atoms with Crippen molar-refractivity contribution in [2.45, 2.75) is 17.5 Å². The normalized spacial score (nSPS) is 28.6. The Morgan fingerprint density at radius 3 is 2.91 bits per heavy atom. The minimum absolute atomic E-state index is 0.115. The lowest BCUT2D eigenvalue weighted by atomic mass is 10.2. The first-order valence-corrected chi connectivity index (χ1v) is 9.05. The lowest BCUT2D eigenvalue weighted by Crippen LogP contribution is -2.43. The first kappa shape index (κ1) is 15.7. The van der Waals surface area contributed by atoms with Crippen molar-refractivity contribution in [3.05, 3.63) is 29.8 Å². The number of rotatable bonds is 3. The molecule has 2 aliphatic rings. The smallest absolute Gasteiger partial charge is 0.323 e. The molecule has 1 N–H and O–H groups in total. The first-order chi connectivity index (χ1) is 10.6. The van der Waals surface area contributed by atoms with E-state index in [9.17, 15) is 9.90 Å². The number of aromatic hydroxyl groups is 1. The van der Waals surface area contributed by atoms with Gasteiger partial charge in [0.05, 0.1) is 18.5 Å². The Morgan fingerprint density at radius 1 is 1.41 bits per heavy atom. The van der Waals surface area contributed by atoms with Crippen molar-refractivity contribution in [3.8, 4) is 5.75 Å². The number of carbonyl (C=O) groups excluding carboxylic acids is 1. The zero-order chi connectivity index (χ0) is 15.7. The van der Waals surface area contributed by atoms with Crippen molar-refractivity contribution in [3.63, 3.8) is 0 Å². The van der Waals surface area contributed by atoms with Gasteiger partial charge in [0.25, 0.3) is 0 Å². The lowest BCUT2D eigenvalue weighted by molar-refractivity contribution is -0.145. The molecular formula is C15H18N2O3S2. The third-order valence-electron chi connectivity index (χ3n) is 3.93. The number of benzene rings is 1. The van der Waals surface area contributed by atoms with Gasteiger partial charge in [-0.15, -0.1) is 23.5 Å². The van der Waals surface area contributed by atoms with Crippen LogP contribution in [-0.4, -0.2) is 64.1 Å². The molecule has 2 aliphatic heterocycles. The van der Waals surface area contributed by atoms with E-state index >= 15 is 0 Å². The highest BCUT2D eigenvalue weighted by molar-refractivity contribution is 8.14. The second-order valence-corrected chi connectivity index (χ2v) is 7.42. The number of phenols is 1. The van der Waals surface area contributed by atoms with Crippen LogP contribution in [0.15, 0.2) is 29.3 Å². The summed E-state index contributed by atoms with van der Waals surface area (Å²) in [6.45, 7) is 0. The molecule has 7 heteroatoms. The van der Waals surface area contributed by atoms with Crippen molar-refractivity contribution in [2.24, 2.45) is 4.99 Å².